The lowest BCUT2D eigenvalue weighted by atomic mass is 10.2. The van der Waals surface area contributed by atoms with Gasteiger partial charge in [-0.15, -0.1) is 0 Å². The largest absolute Gasteiger partial charge is 0.493 e. The first-order valence-electron chi connectivity index (χ1n) is 8.36. The lowest BCUT2D eigenvalue weighted by Crippen LogP contribution is -2.32. The van der Waals surface area contributed by atoms with E-state index in [4.69, 9.17) is 9.47 Å². The van der Waals surface area contributed by atoms with Gasteiger partial charge in [-0.25, -0.2) is 0 Å². The van der Waals surface area contributed by atoms with Crippen LogP contribution in [0.4, 0.5) is 20.2 Å². The number of nitrogens with one attached hydrogen (secondary N) is 2. The molecule has 146 valence electrons. The van der Waals surface area contributed by atoms with Crippen LogP contribution in [-0.2, 0) is 4.79 Å². The van der Waals surface area contributed by atoms with Gasteiger partial charge in [-0.1, -0.05) is 12.1 Å². The van der Waals surface area contributed by atoms with Crippen molar-refractivity contribution >= 4 is 17.3 Å². The molecule has 0 bridgehead atoms. The lowest BCUT2D eigenvalue weighted by Gasteiger charge is -2.18. The zero-order chi connectivity index (χ0) is 19.8. The first-order valence-corrected chi connectivity index (χ1v) is 8.36. The minimum atomic E-state index is -2.98. The Hall–Kier alpha value is -3.03. The molecule has 0 spiro atoms. The maximum atomic E-state index is 12.5. The molecule has 0 aromatic heterocycles. The van der Waals surface area contributed by atoms with E-state index >= 15 is 0 Å². The summed E-state index contributed by atoms with van der Waals surface area (Å²) in [6, 6.07) is 10.9. The monoisotopic (exact) mass is 380 g/mol. The summed E-state index contributed by atoms with van der Waals surface area (Å²) in [7, 11) is 1.35. The second-order valence-electron chi connectivity index (χ2n) is 5.53. The van der Waals surface area contributed by atoms with Crippen LogP contribution in [0.2, 0.25) is 0 Å². The Morgan fingerprint density at radius 3 is 2.52 bits per heavy atom. The smallest absolute Gasteiger partial charge is 0.387 e. The SMILES string of the molecule is CCOc1ccccc1NC(=O)[C@@H](C)Nc1ccc(OC)c(OC(F)F)c1. The Labute approximate surface area is 156 Å². The van der Waals surface area contributed by atoms with Crippen molar-refractivity contribution in [1.82, 2.24) is 0 Å². The number of rotatable bonds is 9. The number of carbonyl (C=O) groups is 1. The zero-order valence-corrected chi connectivity index (χ0v) is 15.3. The summed E-state index contributed by atoms with van der Waals surface area (Å²) in [4.78, 5) is 12.5. The van der Waals surface area contributed by atoms with Crippen molar-refractivity contribution in [2.45, 2.75) is 26.5 Å². The van der Waals surface area contributed by atoms with Gasteiger partial charge in [0.15, 0.2) is 11.5 Å². The van der Waals surface area contributed by atoms with Gasteiger partial charge in [0.1, 0.15) is 11.8 Å². The summed E-state index contributed by atoms with van der Waals surface area (Å²) in [6.45, 7) is 0.992. The molecule has 2 aromatic carbocycles. The number of carbonyl (C=O) groups excluding carboxylic acids is 1. The molecule has 2 rings (SSSR count). The first-order chi connectivity index (χ1) is 12.9. The summed E-state index contributed by atoms with van der Waals surface area (Å²) in [5, 5.41) is 5.73. The average Bonchev–Trinajstić information content (AvgIpc) is 2.63. The normalized spacial score (nSPS) is 11.6. The van der Waals surface area contributed by atoms with Crippen LogP contribution in [0.3, 0.4) is 0 Å². The molecule has 1 atom stereocenters. The highest BCUT2D eigenvalue weighted by Crippen LogP contribution is 2.32. The van der Waals surface area contributed by atoms with E-state index in [-0.39, 0.29) is 17.4 Å². The molecule has 0 aliphatic rings. The van der Waals surface area contributed by atoms with Crippen molar-refractivity contribution in [3.05, 3.63) is 42.5 Å². The van der Waals surface area contributed by atoms with Gasteiger partial charge in [-0.2, -0.15) is 8.78 Å². The van der Waals surface area contributed by atoms with E-state index in [2.05, 4.69) is 15.4 Å². The molecule has 6 nitrogen and oxygen atoms in total. The van der Waals surface area contributed by atoms with Gasteiger partial charge >= 0.3 is 6.61 Å². The van der Waals surface area contributed by atoms with E-state index < -0.39 is 12.7 Å². The number of methoxy groups -OCH3 is 1. The Kier molecular flexibility index (Phi) is 7.22. The number of hydrogen-bond acceptors (Lipinski definition) is 5. The van der Waals surface area contributed by atoms with Crippen LogP contribution in [0.1, 0.15) is 13.8 Å². The molecule has 0 fully saturated rings. The molecule has 0 saturated carbocycles. The van der Waals surface area contributed by atoms with Crippen molar-refractivity contribution in [2.75, 3.05) is 24.4 Å². The van der Waals surface area contributed by atoms with Crippen molar-refractivity contribution in [3.8, 4) is 17.2 Å². The van der Waals surface area contributed by atoms with Gasteiger partial charge in [0.05, 0.1) is 19.4 Å². The molecule has 8 heteroatoms. The van der Waals surface area contributed by atoms with Crippen molar-refractivity contribution in [2.24, 2.45) is 0 Å². The summed E-state index contributed by atoms with van der Waals surface area (Å²) < 4.78 is 40.0. The number of ether oxygens (including phenoxy) is 3. The Balaban J connectivity index is 2.08. The van der Waals surface area contributed by atoms with Gasteiger partial charge in [0.2, 0.25) is 5.91 Å². The van der Waals surface area contributed by atoms with Crippen LogP contribution >= 0.6 is 0 Å². The highest BCUT2D eigenvalue weighted by molar-refractivity contribution is 5.97. The Morgan fingerprint density at radius 2 is 1.85 bits per heavy atom. The molecule has 2 aromatic rings. The third-order valence-corrected chi connectivity index (χ3v) is 3.60. The molecule has 0 heterocycles. The quantitative estimate of drug-likeness (QED) is 0.685. The average molecular weight is 380 g/mol. The molecule has 0 unspecified atom stereocenters. The van der Waals surface area contributed by atoms with Crippen LogP contribution in [-0.4, -0.2) is 32.3 Å². The standard InChI is InChI=1S/C19H22F2N2O4/c1-4-26-15-8-6-5-7-14(15)23-18(24)12(2)22-13-9-10-16(25-3)17(11-13)27-19(20)21/h5-12,19,22H,4H2,1-3H3,(H,23,24)/t12-/m1/s1. The molecular formula is C19H22F2N2O4. The lowest BCUT2D eigenvalue weighted by molar-refractivity contribution is -0.116. The van der Waals surface area contributed by atoms with E-state index in [0.717, 1.165) is 0 Å². The van der Waals surface area contributed by atoms with Gasteiger partial charge in [-0.05, 0) is 38.1 Å². The summed E-state index contributed by atoms with van der Waals surface area (Å²) in [6.07, 6.45) is 0. The molecule has 0 saturated heterocycles. The number of amides is 1. The van der Waals surface area contributed by atoms with Crippen molar-refractivity contribution < 1.29 is 27.8 Å². The van der Waals surface area contributed by atoms with Crippen LogP contribution in [0.25, 0.3) is 0 Å². The van der Waals surface area contributed by atoms with E-state index in [1.165, 1.54) is 19.2 Å². The van der Waals surface area contributed by atoms with E-state index in [1.54, 1.807) is 31.2 Å². The van der Waals surface area contributed by atoms with E-state index in [0.29, 0.717) is 23.7 Å². The van der Waals surface area contributed by atoms with Gasteiger partial charge < -0.3 is 24.8 Å². The molecule has 0 aliphatic carbocycles. The van der Waals surface area contributed by atoms with Crippen LogP contribution in [0.5, 0.6) is 17.2 Å². The summed E-state index contributed by atoms with van der Waals surface area (Å²) in [5.74, 6) is 0.308. The second-order valence-corrected chi connectivity index (χ2v) is 5.53. The van der Waals surface area contributed by atoms with Gasteiger partial charge in [0, 0.05) is 11.8 Å². The molecule has 0 radical (unpaired) electrons. The number of halogens is 2. The zero-order valence-electron chi connectivity index (χ0n) is 15.3. The maximum absolute atomic E-state index is 12.5. The predicted octanol–water partition coefficient (Wildman–Crippen LogP) is 4.13. The fraction of sp³-hybridized carbons (Fsp3) is 0.316. The molecule has 1 amide bonds. The minimum absolute atomic E-state index is 0.119. The molecular weight excluding hydrogens is 358 g/mol. The first kappa shape index (κ1) is 20.3. The number of para-hydroxylation sites is 2. The van der Waals surface area contributed by atoms with Gasteiger partial charge in [-0.3, -0.25) is 4.79 Å². The molecule has 0 aliphatic heterocycles. The molecule has 2 N–H and O–H groups in total. The predicted molar refractivity (Wildman–Crippen MR) is 99.0 cm³/mol. The second kappa shape index (κ2) is 9.61. The van der Waals surface area contributed by atoms with Gasteiger partial charge in [0.25, 0.3) is 0 Å². The number of benzene rings is 2. The van der Waals surface area contributed by atoms with E-state index in [1.807, 2.05) is 13.0 Å². The fourth-order valence-corrected chi connectivity index (χ4v) is 2.36. The number of alkyl halides is 2. The van der Waals surface area contributed by atoms with Crippen LogP contribution in [0, 0.1) is 0 Å². The van der Waals surface area contributed by atoms with Crippen molar-refractivity contribution in [3.63, 3.8) is 0 Å². The number of hydrogen-bond donors (Lipinski definition) is 2. The fourth-order valence-electron chi connectivity index (χ4n) is 2.36. The highest BCUT2D eigenvalue weighted by atomic mass is 19.3. The van der Waals surface area contributed by atoms with Crippen LogP contribution < -0.4 is 24.8 Å². The maximum Gasteiger partial charge on any atom is 0.387 e. The topological polar surface area (TPSA) is 68.8 Å². The summed E-state index contributed by atoms with van der Waals surface area (Å²) >= 11 is 0. The third kappa shape index (κ3) is 5.73. The van der Waals surface area contributed by atoms with Crippen molar-refractivity contribution in [1.29, 1.82) is 0 Å². The van der Waals surface area contributed by atoms with E-state index in [9.17, 15) is 13.6 Å². The number of anilines is 2. The Morgan fingerprint density at radius 1 is 1.11 bits per heavy atom. The minimum Gasteiger partial charge on any atom is -0.493 e. The Bertz CT molecular complexity index is 771. The molecule has 27 heavy (non-hydrogen) atoms. The summed E-state index contributed by atoms with van der Waals surface area (Å²) in [5.41, 5.74) is 0.988. The third-order valence-electron chi connectivity index (χ3n) is 3.60. The highest BCUT2D eigenvalue weighted by Gasteiger charge is 2.17. The van der Waals surface area contributed by atoms with Crippen LogP contribution in [0.15, 0.2) is 42.5 Å².